The van der Waals surface area contributed by atoms with Crippen LogP contribution in [0.15, 0.2) is 30.9 Å². The van der Waals surface area contributed by atoms with Crippen LogP contribution in [0.1, 0.15) is 19.4 Å². The molecule has 20 heavy (non-hydrogen) atoms. The second-order valence-electron chi connectivity index (χ2n) is 4.68. The summed E-state index contributed by atoms with van der Waals surface area (Å²) in [6.07, 6.45) is 1.61. The molecule has 1 rings (SSSR count). The highest BCUT2D eigenvalue weighted by molar-refractivity contribution is 6.32. The Morgan fingerprint density at radius 1 is 1.50 bits per heavy atom. The van der Waals surface area contributed by atoms with Crippen LogP contribution in [0, 0.1) is 0 Å². The number of hydrogen-bond acceptors (Lipinski definition) is 3. The van der Waals surface area contributed by atoms with Crippen molar-refractivity contribution in [3.8, 4) is 5.75 Å². The molecule has 0 aliphatic heterocycles. The van der Waals surface area contributed by atoms with Crippen LogP contribution in [-0.2, 0) is 11.3 Å². The molecule has 1 aromatic rings. The van der Waals surface area contributed by atoms with Crippen molar-refractivity contribution < 1.29 is 9.53 Å². The zero-order valence-corrected chi connectivity index (χ0v) is 12.7. The first kappa shape index (κ1) is 16.5. The molecule has 0 fully saturated rings. The van der Waals surface area contributed by atoms with Crippen LogP contribution in [0.3, 0.4) is 0 Å². The van der Waals surface area contributed by atoms with Crippen LogP contribution in [0.4, 0.5) is 0 Å². The van der Waals surface area contributed by atoms with E-state index in [0.717, 1.165) is 12.1 Å². The Labute approximate surface area is 125 Å². The Morgan fingerprint density at radius 3 is 2.85 bits per heavy atom. The van der Waals surface area contributed by atoms with Gasteiger partial charge in [-0.25, -0.2) is 0 Å². The van der Waals surface area contributed by atoms with Crippen molar-refractivity contribution in [1.29, 1.82) is 0 Å². The fraction of sp³-hybridized carbons (Fsp3) is 0.400. The van der Waals surface area contributed by atoms with Gasteiger partial charge in [-0.3, -0.25) is 4.79 Å². The van der Waals surface area contributed by atoms with Gasteiger partial charge in [0.1, 0.15) is 5.75 Å². The lowest BCUT2D eigenvalue weighted by atomic mass is 10.2. The molecule has 0 saturated carbocycles. The smallest absolute Gasteiger partial charge is 0.258 e. The average Bonchev–Trinajstić information content (AvgIpc) is 2.41. The minimum atomic E-state index is -0.202. The average molecular weight is 297 g/mol. The Morgan fingerprint density at radius 2 is 2.25 bits per heavy atom. The van der Waals surface area contributed by atoms with Crippen molar-refractivity contribution in [1.82, 2.24) is 10.6 Å². The second-order valence-corrected chi connectivity index (χ2v) is 5.09. The highest BCUT2D eigenvalue weighted by Gasteiger charge is 2.06. The summed E-state index contributed by atoms with van der Waals surface area (Å²) in [5, 5.41) is 6.44. The molecule has 0 radical (unpaired) electrons. The third-order valence-corrected chi connectivity index (χ3v) is 2.81. The molecule has 0 aliphatic rings. The first-order valence-corrected chi connectivity index (χ1v) is 6.93. The highest BCUT2D eigenvalue weighted by atomic mass is 35.5. The van der Waals surface area contributed by atoms with E-state index in [0.29, 0.717) is 23.4 Å². The summed E-state index contributed by atoms with van der Waals surface area (Å²) in [5.74, 6) is 0.306. The van der Waals surface area contributed by atoms with Gasteiger partial charge in [-0.2, -0.15) is 0 Å². The minimum absolute atomic E-state index is 0.0584. The van der Waals surface area contributed by atoms with Crippen LogP contribution in [0.25, 0.3) is 0 Å². The number of amides is 1. The number of rotatable bonds is 8. The number of benzene rings is 1. The van der Waals surface area contributed by atoms with E-state index in [1.165, 1.54) is 0 Å². The van der Waals surface area contributed by atoms with E-state index in [9.17, 15) is 4.79 Å². The van der Waals surface area contributed by atoms with Crippen molar-refractivity contribution in [3.05, 3.63) is 41.4 Å². The van der Waals surface area contributed by atoms with Gasteiger partial charge in [0.05, 0.1) is 5.02 Å². The van der Waals surface area contributed by atoms with Gasteiger partial charge in [-0.05, 0) is 17.7 Å². The Hall–Kier alpha value is -1.52. The van der Waals surface area contributed by atoms with E-state index >= 15 is 0 Å². The van der Waals surface area contributed by atoms with Crippen LogP contribution < -0.4 is 15.4 Å². The maximum atomic E-state index is 11.4. The lowest BCUT2D eigenvalue weighted by Crippen LogP contribution is -2.28. The normalized spacial score (nSPS) is 10.4. The number of ether oxygens (including phenoxy) is 1. The molecule has 4 nitrogen and oxygen atoms in total. The summed E-state index contributed by atoms with van der Waals surface area (Å²) in [4.78, 5) is 11.4. The Balaban J connectivity index is 2.51. The molecule has 1 amide bonds. The number of hydrogen-bond donors (Lipinski definition) is 2. The van der Waals surface area contributed by atoms with E-state index < -0.39 is 0 Å². The van der Waals surface area contributed by atoms with Gasteiger partial charge in [-0.1, -0.05) is 37.6 Å². The highest BCUT2D eigenvalue weighted by Crippen LogP contribution is 2.25. The summed E-state index contributed by atoms with van der Waals surface area (Å²) in [5.41, 5.74) is 1.08. The molecule has 0 heterocycles. The molecular weight excluding hydrogens is 276 g/mol. The van der Waals surface area contributed by atoms with Gasteiger partial charge in [0, 0.05) is 19.1 Å². The standard InChI is InChI=1S/C15H21ClN2O2/c1-4-7-17-15(19)10-20-14-6-5-12(8-13(14)16)9-18-11(2)3/h4-6,8,11,18H,1,7,9-10H2,2-3H3,(H,17,19). The Bertz CT molecular complexity index is 461. The maximum absolute atomic E-state index is 11.4. The van der Waals surface area contributed by atoms with Crippen LogP contribution >= 0.6 is 11.6 Å². The molecule has 0 atom stereocenters. The molecule has 0 aromatic heterocycles. The molecule has 1 aromatic carbocycles. The fourth-order valence-electron chi connectivity index (χ4n) is 1.47. The fourth-order valence-corrected chi connectivity index (χ4v) is 1.73. The number of carbonyl (C=O) groups is 1. The van der Waals surface area contributed by atoms with Crippen LogP contribution in [0.5, 0.6) is 5.75 Å². The van der Waals surface area contributed by atoms with Gasteiger partial charge in [-0.15, -0.1) is 6.58 Å². The molecule has 0 saturated heterocycles. The zero-order valence-electron chi connectivity index (χ0n) is 11.9. The first-order chi connectivity index (χ1) is 9.52. The molecule has 0 aliphatic carbocycles. The predicted octanol–water partition coefficient (Wildman–Crippen LogP) is 2.52. The number of carbonyl (C=O) groups excluding carboxylic acids is 1. The molecular formula is C15H21ClN2O2. The molecule has 0 spiro atoms. The van der Waals surface area contributed by atoms with E-state index in [1.54, 1.807) is 12.1 Å². The molecule has 0 unspecified atom stereocenters. The second kappa shape index (κ2) is 8.61. The maximum Gasteiger partial charge on any atom is 0.258 e. The van der Waals surface area contributed by atoms with E-state index in [4.69, 9.17) is 16.3 Å². The topological polar surface area (TPSA) is 50.4 Å². The van der Waals surface area contributed by atoms with E-state index in [-0.39, 0.29) is 12.5 Å². The lowest BCUT2D eigenvalue weighted by molar-refractivity contribution is -0.122. The molecule has 2 N–H and O–H groups in total. The largest absolute Gasteiger partial charge is 0.482 e. The van der Waals surface area contributed by atoms with Crippen LogP contribution in [-0.4, -0.2) is 25.1 Å². The van der Waals surface area contributed by atoms with Crippen LogP contribution in [0.2, 0.25) is 5.02 Å². The van der Waals surface area contributed by atoms with Crippen molar-refractivity contribution >= 4 is 17.5 Å². The third kappa shape index (κ3) is 6.08. The number of halogens is 1. The molecule has 0 bridgehead atoms. The van der Waals surface area contributed by atoms with Crippen molar-refractivity contribution in [2.24, 2.45) is 0 Å². The zero-order chi connectivity index (χ0) is 15.0. The lowest BCUT2D eigenvalue weighted by Gasteiger charge is -2.11. The SMILES string of the molecule is C=CCNC(=O)COc1ccc(CNC(C)C)cc1Cl. The Kier molecular flexibility index (Phi) is 7.12. The van der Waals surface area contributed by atoms with Gasteiger partial charge >= 0.3 is 0 Å². The van der Waals surface area contributed by atoms with E-state index in [1.807, 2.05) is 12.1 Å². The monoisotopic (exact) mass is 296 g/mol. The minimum Gasteiger partial charge on any atom is -0.482 e. The van der Waals surface area contributed by atoms with Gasteiger partial charge in [0.25, 0.3) is 5.91 Å². The van der Waals surface area contributed by atoms with Gasteiger partial charge < -0.3 is 15.4 Å². The summed E-state index contributed by atoms with van der Waals surface area (Å²) in [6, 6.07) is 5.96. The summed E-state index contributed by atoms with van der Waals surface area (Å²) >= 11 is 6.13. The summed E-state index contributed by atoms with van der Waals surface area (Å²) in [6.45, 7) is 8.81. The van der Waals surface area contributed by atoms with E-state index in [2.05, 4.69) is 31.1 Å². The summed E-state index contributed by atoms with van der Waals surface area (Å²) in [7, 11) is 0. The third-order valence-electron chi connectivity index (χ3n) is 2.51. The van der Waals surface area contributed by atoms with Gasteiger partial charge in [0.15, 0.2) is 6.61 Å². The van der Waals surface area contributed by atoms with Crippen molar-refractivity contribution in [2.75, 3.05) is 13.2 Å². The quantitative estimate of drug-likeness (QED) is 0.725. The predicted molar refractivity (Wildman–Crippen MR) is 82.1 cm³/mol. The first-order valence-electron chi connectivity index (χ1n) is 6.55. The molecule has 5 heteroatoms. The van der Waals surface area contributed by atoms with Crippen molar-refractivity contribution in [2.45, 2.75) is 26.4 Å². The van der Waals surface area contributed by atoms with Crippen molar-refractivity contribution in [3.63, 3.8) is 0 Å². The number of nitrogens with one attached hydrogen (secondary N) is 2. The summed E-state index contributed by atoms with van der Waals surface area (Å²) < 4.78 is 5.38. The van der Waals surface area contributed by atoms with Gasteiger partial charge in [0.2, 0.25) is 0 Å². The molecule has 110 valence electrons.